The van der Waals surface area contributed by atoms with Gasteiger partial charge in [-0.2, -0.15) is 0 Å². The third kappa shape index (κ3) is 5.96. The molecule has 0 saturated heterocycles. The number of aryl methyl sites for hydroxylation is 4. The molecular weight excluding hydrogens is 800 g/mol. The van der Waals surface area contributed by atoms with Gasteiger partial charge >= 0.3 is 6.85 Å². The van der Waals surface area contributed by atoms with E-state index in [9.17, 15) is 0 Å². The summed E-state index contributed by atoms with van der Waals surface area (Å²) in [5.74, 6) is 0. The van der Waals surface area contributed by atoms with Crippen molar-refractivity contribution in [2.45, 2.75) is 80.1 Å². The van der Waals surface area contributed by atoms with E-state index in [-0.39, 0.29) is 17.7 Å². The van der Waals surface area contributed by atoms with Crippen molar-refractivity contribution in [3.8, 4) is 44.5 Å². The maximum absolute atomic E-state index is 6.70. The van der Waals surface area contributed by atoms with E-state index in [0.717, 1.165) is 11.0 Å². The van der Waals surface area contributed by atoms with Gasteiger partial charge in [-0.25, -0.2) is 0 Å². The Kier molecular flexibility index (Phi) is 8.73. The van der Waals surface area contributed by atoms with Gasteiger partial charge in [0.25, 0.3) is 0 Å². The van der Waals surface area contributed by atoms with Crippen LogP contribution in [0.3, 0.4) is 0 Å². The van der Waals surface area contributed by atoms with E-state index in [1.807, 2.05) is 6.26 Å². The molecule has 0 aliphatic carbocycles. The van der Waals surface area contributed by atoms with Gasteiger partial charge < -0.3 is 13.8 Å². The Balaban J connectivity index is 1.26. The van der Waals surface area contributed by atoms with Gasteiger partial charge in [-0.15, -0.1) is 0 Å². The minimum Gasteiger partial charge on any atom is -0.464 e. The quantitative estimate of drug-likeness (QED) is 0.165. The van der Waals surface area contributed by atoms with Gasteiger partial charge in [0.1, 0.15) is 5.58 Å². The first-order valence-corrected chi connectivity index (χ1v) is 23.6. The van der Waals surface area contributed by atoms with Crippen LogP contribution >= 0.6 is 0 Å². The van der Waals surface area contributed by atoms with E-state index in [1.165, 1.54) is 128 Å². The highest BCUT2D eigenvalue weighted by atomic mass is 16.3. The SMILES string of the molecule is Cc1ccccc1-c1ccc2c(c1)c1cc(-c3ccccc3C)cc3c1n2B1c2ccc(-c4c(C)cccc4C)cc2N(c2cc(C(C)(C)C)cc(C(C)(C)C)c2)c2cc4ccoc4c-3c21. The molecule has 0 spiro atoms. The second-order valence-electron chi connectivity index (χ2n) is 21.2. The van der Waals surface area contributed by atoms with E-state index >= 15 is 0 Å². The minimum atomic E-state index is -0.128. The molecule has 0 fully saturated rings. The molecule has 66 heavy (non-hydrogen) atoms. The van der Waals surface area contributed by atoms with Crippen molar-refractivity contribution in [1.82, 2.24) is 4.48 Å². The summed E-state index contributed by atoms with van der Waals surface area (Å²) < 4.78 is 9.39. The Morgan fingerprint density at radius 1 is 0.485 bits per heavy atom. The number of anilines is 3. The minimum absolute atomic E-state index is 0.0665. The van der Waals surface area contributed by atoms with Crippen molar-refractivity contribution in [1.29, 1.82) is 0 Å². The van der Waals surface area contributed by atoms with Gasteiger partial charge in [0.05, 0.1) is 6.26 Å². The lowest BCUT2D eigenvalue weighted by Crippen LogP contribution is -2.56. The molecule has 4 heteroatoms. The first-order chi connectivity index (χ1) is 31.7. The maximum atomic E-state index is 6.70. The van der Waals surface area contributed by atoms with E-state index in [1.54, 1.807) is 0 Å². The van der Waals surface area contributed by atoms with Crippen LogP contribution in [0.15, 0.2) is 156 Å². The third-order valence-corrected chi connectivity index (χ3v) is 14.9. The number of hydrogen-bond acceptors (Lipinski definition) is 2. The normalized spacial score (nSPS) is 13.2. The van der Waals surface area contributed by atoms with Crippen molar-refractivity contribution in [2.24, 2.45) is 0 Å². The lowest BCUT2D eigenvalue weighted by Gasteiger charge is -2.41. The smallest absolute Gasteiger partial charge is 0.333 e. The molecule has 10 aromatic rings. The highest BCUT2D eigenvalue weighted by Crippen LogP contribution is 2.51. The van der Waals surface area contributed by atoms with Crippen molar-refractivity contribution >= 4 is 67.6 Å². The number of furan rings is 1. The average Bonchev–Trinajstić information content (AvgIpc) is 3.89. The molecule has 0 saturated carbocycles. The fourth-order valence-corrected chi connectivity index (χ4v) is 11.4. The van der Waals surface area contributed by atoms with E-state index in [2.05, 4.69) is 224 Å². The summed E-state index contributed by atoms with van der Waals surface area (Å²) in [6.07, 6.45) is 1.89. The van der Waals surface area contributed by atoms with Crippen molar-refractivity contribution in [3.05, 3.63) is 185 Å². The zero-order valence-electron chi connectivity index (χ0n) is 39.8. The predicted octanol–water partition coefficient (Wildman–Crippen LogP) is 15.8. The molecular formula is C62H55BN2O. The van der Waals surface area contributed by atoms with Crippen molar-refractivity contribution in [2.75, 3.05) is 4.90 Å². The molecule has 0 bridgehead atoms. The summed E-state index contributed by atoms with van der Waals surface area (Å²) in [4.78, 5) is 2.61. The van der Waals surface area contributed by atoms with Gasteiger partial charge in [0.2, 0.25) is 0 Å². The molecule has 0 amide bonds. The van der Waals surface area contributed by atoms with Gasteiger partial charge in [-0.05, 0) is 171 Å². The lowest BCUT2D eigenvalue weighted by molar-refractivity contribution is 0.569. The van der Waals surface area contributed by atoms with Crippen LogP contribution in [0.25, 0.3) is 77.3 Å². The van der Waals surface area contributed by atoms with Crippen LogP contribution in [0.2, 0.25) is 0 Å². The Hall–Kier alpha value is -7.04. The zero-order chi connectivity index (χ0) is 45.6. The van der Waals surface area contributed by atoms with Crippen LogP contribution in [0.5, 0.6) is 0 Å². The van der Waals surface area contributed by atoms with Crippen LogP contribution in [0, 0.1) is 27.7 Å². The Labute approximate surface area is 389 Å². The largest absolute Gasteiger partial charge is 0.464 e. The topological polar surface area (TPSA) is 21.3 Å². The molecule has 0 radical (unpaired) electrons. The highest BCUT2D eigenvalue weighted by molar-refractivity contribution is 6.90. The molecule has 2 aromatic heterocycles. The van der Waals surface area contributed by atoms with Gasteiger partial charge in [0.15, 0.2) is 0 Å². The fourth-order valence-electron chi connectivity index (χ4n) is 11.4. The molecule has 4 heterocycles. The first kappa shape index (κ1) is 40.5. The molecule has 0 N–H and O–H groups in total. The first-order valence-electron chi connectivity index (χ1n) is 23.6. The monoisotopic (exact) mass is 854 g/mol. The molecule has 2 aliphatic rings. The van der Waals surface area contributed by atoms with E-state index in [4.69, 9.17) is 4.42 Å². The van der Waals surface area contributed by atoms with E-state index in [0.29, 0.717) is 0 Å². The second kappa shape index (κ2) is 14.2. The van der Waals surface area contributed by atoms with Crippen LogP contribution in [-0.4, -0.2) is 11.3 Å². The summed E-state index contributed by atoms with van der Waals surface area (Å²) in [5.41, 5.74) is 27.0. The lowest BCUT2D eigenvalue weighted by atomic mass is 9.45. The predicted molar refractivity (Wildman–Crippen MR) is 282 cm³/mol. The van der Waals surface area contributed by atoms with Crippen LogP contribution in [0.1, 0.15) is 74.9 Å². The van der Waals surface area contributed by atoms with E-state index < -0.39 is 0 Å². The second-order valence-corrected chi connectivity index (χ2v) is 21.2. The highest BCUT2D eigenvalue weighted by Gasteiger charge is 2.45. The fraction of sp³-hybridized carbons (Fsp3) is 0.194. The zero-order valence-corrected chi connectivity index (χ0v) is 39.8. The summed E-state index contributed by atoms with van der Waals surface area (Å²) >= 11 is 0. The van der Waals surface area contributed by atoms with Crippen molar-refractivity contribution < 1.29 is 4.42 Å². The molecule has 0 atom stereocenters. The number of aromatic nitrogens is 1. The average molecular weight is 855 g/mol. The van der Waals surface area contributed by atoms with Gasteiger partial charge in [0, 0.05) is 55.4 Å². The molecule has 322 valence electrons. The molecule has 8 aromatic carbocycles. The number of hydrogen-bond donors (Lipinski definition) is 0. The maximum Gasteiger partial charge on any atom is 0.333 e. The Bertz CT molecular complexity index is 3630. The van der Waals surface area contributed by atoms with Gasteiger partial charge in [-0.1, -0.05) is 133 Å². The standard InChI is InChI=1S/C62H55BN2O/c1-36-16-11-13-20-47(36)40-23-25-53-49(28-40)50-29-43(48-21-14-12-17-37(48)2)30-51-57-58-55(32-42-26-27-66-60(42)57)64(46-34-44(61(5,6)7)33-45(35-46)62(8,9)10)54-31-41(56-38(3)18-15-19-39(56)4)22-24-52(54)63(58)65(53)59(50)51/h11-35H,1-10H3. The third-order valence-electron chi connectivity index (χ3n) is 14.9. The number of fused-ring (bicyclic) bond motifs is 9. The Morgan fingerprint density at radius 2 is 1.11 bits per heavy atom. The number of rotatable bonds is 4. The summed E-state index contributed by atoms with van der Waals surface area (Å²) in [5, 5.41) is 3.62. The molecule has 2 aliphatic heterocycles. The summed E-state index contributed by atoms with van der Waals surface area (Å²) in [7, 11) is 0. The molecule has 0 unspecified atom stereocenters. The molecule has 12 rings (SSSR count). The summed E-state index contributed by atoms with van der Waals surface area (Å²) in [6, 6.07) is 55.6. The Morgan fingerprint density at radius 3 is 1.77 bits per heavy atom. The molecule has 3 nitrogen and oxygen atoms in total. The number of benzene rings is 8. The number of nitrogens with zero attached hydrogens (tertiary/aromatic N) is 2. The van der Waals surface area contributed by atoms with Crippen LogP contribution < -0.4 is 15.8 Å². The van der Waals surface area contributed by atoms with Gasteiger partial charge in [-0.3, -0.25) is 0 Å². The van der Waals surface area contributed by atoms with Crippen molar-refractivity contribution in [3.63, 3.8) is 0 Å². The van der Waals surface area contributed by atoms with Crippen LogP contribution in [0.4, 0.5) is 17.1 Å². The van der Waals surface area contributed by atoms with Crippen LogP contribution in [-0.2, 0) is 10.8 Å². The summed E-state index contributed by atoms with van der Waals surface area (Å²) in [6.45, 7) is 22.9.